The molecule has 140 valence electrons. The molecule has 0 saturated carbocycles. The molecule has 3 rings (SSSR count). The highest BCUT2D eigenvalue weighted by Gasteiger charge is 2.15. The third kappa shape index (κ3) is 4.22. The van der Waals surface area contributed by atoms with E-state index in [-0.39, 0.29) is 23.7 Å². The van der Waals surface area contributed by atoms with Crippen molar-refractivity contribution in [2.75, 3.05) is 19.5 Å². The van der Waals surface area contributed by atoms with Crippen LogP contribution in [0, 0.1) is 11.6 Å². The zero-order chi connectivity index (χ0) is 19.4. The van der Waals surface area contributed by atoms with Crippen molar-refractivity contribution in [2.24, 2.45) is 0 Å². The van der Waals surface area contributed by atoms with E-state index in [0.717, 1.165) is 12.1 Å². The Morgan fingerprint density at radius 2 is 1.85 bits per heavy atom. The predicted molar refractivity (Wildman–Crippen MR) is 93.7 cm³/mol. The molecule has 0 unspecified atom stereocenters. The number of nitrogens with one attached hydrogen (secondary N) is 1. The third-order valence-electron chi connectivity index (χ3n) is 3.76. The van der Waals surface area contributed by atoms with Crippen LogP contribution in [0.25, 0.3) is 11.3 Å². The highest BCUT2D eigenvalue weighted by atomic mass is 19.1. The van der Waals surface area contributed by atoms with E-state index in [1.54, 1.807) is 18.2 Å². The van der Waals surface area contributed by atoms with Gasteiger partial charge in [-0.2, -0.15) is 0 Å². The predicted octanol–water partition coefficient (Wildman–Crippen LogP) is 3.82. The molecule has 0 radical (unpaired) electrons. The average molecular weight is 374 g/mol. The van der Waals surface area contributed by atoms with E-state index < -0.39 is 11.6 Å². The van der Waals surface area contributed by atoms with E-state index >= 15 is 0 Å². The van der Waals surface area contributed by atoms with E-state index in [1.165, 1.54) is 26.4 Å². The molecule has 27 heavy (non-hydrogen) atoms. The molecule has 0 saturated heterocycles. The van der Waals surface area contributed by atoms with E-state index in [0.29, 0.717) is 22.9 Å². The van der Waals surface area contributed by atoms with Gasteiger partial charge in [-0.15, -0.1) is 0 Å². The van der Waals surface area contributed by atoms with Crippen molar-refractivity contribution in [3.8, 4) is 22.8 Å². The van der Waals surface area contributed by atoms with Crippen LogP contribution >= 0.6 is 0 Å². The van der Waals surface area contributed by atoms with Gasteiger partial charge in [0.15, 0.2) is 17.3 Å². The third-order valence-corrected chi connectivity index (χ3v) is 3.76. The van der Waals surface area contributed by atoms with Crippen LogP contribution in [0.1, 0.15) is 5.69 Å². The van der Waals surface area contributed by atoms with Gasteiger partial charge < -0.3 is 19.3 Å². The Balaban J connectivity index is 1.69. The SMILES string of the molecule is COc1ccc(NC(=O)Cc2cc(-c3ccc(F)cc3F)on2)cc1OC. The molecule has 1 amide bonds. The Kier molecular flexibility index (Phi) is 5.35. The Labute approximate surface area is 153 Å². The van der Waals surface area contributed by atoms with Crippen LogP contribution in [0.3, 0.4) is 0 Å². The topological polar surface area (TPSA) is 73.6 Å². The maximum atomic E-state index is 13.8. The molecule has 1 aromatic heterocycles. The second-order valence-corrected chi connectivity index (χ2v) is 5.60. The minimum atomic E-state index is -0.771. The number of carbonyl (C=O) groups excluding carboxylic acids is 1. The summed E-state index contributed by atoms with van der Waals surface area (Å²) in [6.45, 7) is 0. The number of benzene rings is 2. The summed E-state index contributed by atoms with van der Waals surface area (Å²) in [6.07, 6.45) is -0.0827. The molecule has 6 nitrogen and oxygen atoms in total. The number of carbonyl (C=O) groups is 1. The van der Waals surface area contributed by atoms with Crippen LogP contribution in [0.2, 0.25) is 0 Å². The zero-order valence-electron chi connectivity index (χ0n) is 14.6. The number of hydrogen-bond donors (Lipinski definition) is 1. The maximum absolute atomic E-state index is 13.8. The largest absolute Gasteiger partial charge is 0.493 e. The number of anilines is 1. The van der Waals surface area contributed by atoms with E-state index in [1.807, 2.05) is 0 Å². The van der Waals surface area contributed by atoms with Crippen molar-refractivity contribution in [1.29, 1.82) is 0 Å². The summed E-state index contributed by atoms with van der Waals surface area (Å²) in [7, 11) is 3.01. The van der Waals surface area contributed by atoms with Crippen LogP contribution in [-0.2, 0) is 11.2 Å². The van der Waals surface area contributed by atoms with Gasteiger partial charge in [0.1, 0.15) is 11.6 Å². The second kappa shape index (κ2) is 7.86. The van der Waals surface area contributed by atoms with Crippen molar-refractivity contribution in [3.05, 3.63) is 59.8 Å². The molecule has 0 aliphatic rings. The lowest BCUT2D eigenvalue weighted by Crippen LogP contribution is -2.14. The lowest BCUT2D eigenvalue weighted by atomic mass is 10.1. The Hall–Kier alpha value is -3.42. The van der Waals surface area contributed by atoms with Gasteiger partial charge in [-0.25, -0.2) is 8.78 Å². The van der Waals surface area contributed by atoms with Gasteiger partial charge in [-0.05, 0) is 24.3 Å². The summed E-state index contributed by atoms with van der Waals surface area (Å²) in [5.74, 6) is -0.676. The Morgan fingerprint density at radius 1 is 1.07 bits per heavy atom. The lowest BCUT2D eigenvalue weighted by molar-refractivity contribution is -0.115. The van der Waals surface area contributed by atoms with Gasteiger partial charge in [0.05, 0.1) is 31.9 Å². The number of rotatable bonds is 6. The highest BCUT2D eigenvalue weighted by molar-refractivity contribution is 5.92. The molecule has 8 heteroatoms. The fourth-order valence-corrected chi connectivity index (χ4v) is 2.50. The number of halogens is 2. The van der Waals surface area contributed by atoms with Crippen LogP contribution in [0.5, 0.6) is 11.5 Å². The molecule has 1 N–H and O–H groups in total. The summed E-state index contributed by atoms with van der Waals surface area (Å²) in [4.78, 5) is 12.2. The summed E-state index contributed by atoms with van der Waals surface area (Å²) >= 11 is 0. The summed E-state index contributed by atoms with van der Waals surface area (Å²) in [6, 6.07) is 9.51. The number of ether oxygens (including phenoxy) is 2. The van der Waals surface area contributed by atoms with E-state index in [4.69, 9.17) is 14.0 Å². The Morgan fingerprint density at radius 3 is 2.56 bits per heavy atom. The minimum absolute atomic E-state index is 0.0652. The van der Waals surface area contributed by atoms with Crippen LogP contribution in [0.4, 0.5) is 14.5 Å². The maximum Gasteiger partial charge on any atom is 0.230 e. The molecular formula is C19H16F2N2O4. The number of hydrogen-bond acceptors (Lipinski definition) is 5. The van der Waals surface area contributed by atoms with Gasteiger partial charge >= 0.3 is 0 Å². The Bertz CT molecular complexity index is 972. The van der Waals surface area contributed by atoms with Gasteiger partial charge in [0, 0.05) is 23.9 Å². The zero-order valence-corrected chi connectivity index (χ0v) is 14.6. The average Bonchev–Trinajstić information content (AvgIpc) is 3.09. The fraction of sp³-hybridized carbons (Fsp3) is 0.158. The van der Waals surface area contributed by atoms with Gasteiger partial charge in [0.25, 0.3) is 0 Å². The molecule has 0 atom stereocenters. The molecule has 2 aromatic carbocycles. The van der Waals surface area contributed by atoms with Gasteiger partial charge in [-0.1, -0.05) is 5.16 Å². The normalized spacial score (nSPS) is 10.5. The smallest absolute Gasteiger partial charge is 0.230 e. The molecule has 0 aliphatic heterocycles. The molecule has 0 bridgehead atoms. The monoisotopic (exact) mass is 374 g/mol. The van der Waals surface area contributed by atoms with Crippen molar-refractivity contribution in [3.63, 3.8) is 0 Å². The van der Waals surface area contributed by atoms with E-state index in [2.05, 4.69) is 10.5 Å². The van der Waals surface area contributed by atoms with Crippen molar-refractivity contribution >= 4 is 11.6 Å². The molecule has 3 aromatic rings. The quantitative estimate of drug-likeness (QED) is 0.710. The van der Waals surface area contributed by atoms with Crippen LogP contribution < -0.4 is 14.8 Å². The molecular weight excluding hydrogens is 358 g/mol. The number of amides is 1. The second-order valence-electron chi connectivity index (χ2n) is 5.60. The number of methoxy groups -OCH3 is 2. The molecule has 0 aliphatic carbocycles. The first kappa shape index (κ1) is 18.4. The standard InChI is InChI=1S/C19H16F2N2O4/c1-25-16-6-4-12(8-18(16)26-2)22-19(24)10-13-9-17(27-23-13)14-5-3-11(20)7-15(14)21/h3-9H,10H2,1-2H3,(H,22,24). The molecule has 0 fully saturated rings. The lowest BCUT2D eigenvalue weighted by Gasteiger charge is -2.10. The summed E-state index contributed by atoms with van der Waals surface area (Å²) in [5.41, 5.74) is 0.896. The first-order valence-corrected chi connectivity index (χ1v) is 7.93. The number of aromatic nitrogens is 1. The molecule has 1 heterocycles. The van der Waals surface area contributed by atoms with Crippen LogP contribution in [0.15, 0.2) is 47.0 Å². The first-order chi connectivity index (χ1) is 13.0. The van der Waals surface area contributed by atoms with E-state index in [9.17, 15) is 13.6 Å². The minimum Gasteiger partial charge on any atom is -0.493 e. The van der Waals surface area contributed by atoms with Crippen LogP contribution in [-0.4, -0.2) is 25.3 Å². The molecule has 0 spiro atoms. The van der Waals surface area contributed by atoms with Crippen molar-refractivity contribution < 1.29 is 27.6 Å². The highest BCUT2D eigenvalue weighted by Crippen LogP contribution is 2.30. The summed E-state index contributed by atoms with van der Waals surface area (Å²) in [5, 5.41) is 6.46. The number of nitrogens with zero attached hydrogens (tertiary/aromatic N) is 1. The first-order valence-electron chi connectivity index (χ1n) is 7.93. The van der Waals surface area contributed by atoms with Crippen molar-refractivity contribution in [1.82, 2.24) is 5.16 Å². The van der Waals surface area contributed by atoms with Crippen molar-refractivity contribution in [2.45, 2.75) is 6.42 Å². The van der Waals surface area contributed by atoms with Gasteiger partial charge in [-0.3, -0.25) is 4.79 Å². The van der Waals surface area contributed by atoms with Gasteiger partial charge in [0.2, 0.25) is 5.91 Å². The summed E-state index contributed by atoms with van der Waals surface area (Å²) < 4.78 is 42.2. The fourth-order valence-electron chi connectivity index (χ4n) is 2.50.